The molecule has 0 saturated carbocycles. The number of piperazine rings is 1. The van der Waals surface area contributed by atoms with Gasteiger partial charge in [-0.3, -0.25) is 9.69 Å². The van der Waals surface area contributed by atoms with Crippen molar-refractivity contribution in [3.8, 4) is 11.1 Å². The summed E-state index contributed by atoms with van der Waals surface area (Å²) < 4.78 is 0. The second-order valence-electron chi connectivity index (χ2n) is 8.00. The molecule has 0 unspecified atom stereocenters. The second kappa shape index (κ2) is 11.2. The molecule has 32 heavy (non-hydrogen) atoms. The highest BCUT2D eigenvalue weighted by atomic mass is 35.5. The maximum Gasteiger partial charge on any atom is 0.224 e. The Kier molecular flexibility index (Phi) is 8.09. The SMILES string of the molecule is O=C(CCCCN1CCN(c2cccc(Cl)c2Cl)CC1)Nc1ccc(-c2ccsc2)cc1. The third kappa shape index (κ3) is 6.04. The molecular weight excluding hydrogens is 461 g/mol. The molecule has 1 aliphatic rings. The lowest BCUT2D eigenvalue weighted by Crippen LogP contribution is -2.46. The first-order chi connectivity index (χ1) is 15.6. The fourth-order valence-electron chi connectivity index (χ4n) is 3.97. The van der Waals surface area contributed by atoms with Crippen molar-refractivity contribution in [2.24, 2.45) is 0 Å². The minimum absolute atomic E-state index is 0.0775. The van der Waals surface area contributed by atoms with Gasteiger partial charge < -0.3 is 10.2 Å². The number of thiophene rings is 1. The summed E-state index contributed by atoms with van der Waals surface area (Å²) in [6, 6.07) is 15.9. The number of carbonyl (C=O) groups is 1. The molecule has 0 radical (unpaired) electrons. The molecule has 2 aromatic carbocycles. The minimum atomic E-state index is 0.0775. The van der Waals surface area contributed by atoms with Crippen molar-refractivity contribution in [3.05, 3.63) is 69.3 Å². The van der Waals surface area contributed by atoms with Gasteiger partial charge in [0, 0.05) is 38.3 Å². The van der Waals surface area contributed by atoms with E-state index in [1.54, 1.807) is 11.3 Å². The van der Waals surface area contributed by atoms with Crippen LogP contribution in [0.2, 0.25) is 10.0 Å². The largest absolute Gasteiger partial charge is 0.368 e. The zero-order valence-corrected chi connectivity index (χ0v) is 20.2. The number of anilines is 2. The lowest BCUT2D eigenvalue weighted by Gasteiger charge is -2.36. The number of amides is 1. The molecule has 1 aliphatic heterocycles. The van der Waals surface area contributed by atoms with Gasteiger partial charge in [0.15, 0.2) is 0 Å². The average molecular weight is 488 g/mol. The molecule has 1 N–H and O–H groups in total. The minimum Gasteiger partial charge on any atom is -0.368 e. The number of nitrogens with one attached hydrogen (secondary N) is 1. The third-order valence-electron chi connectivity index (χ3n) is 5.80. The van der Waals surface area contributed by atoms with E-state index in [0.717, 1.165) is 56.9 Å². The predicted molar refractivity (Wildman–Crippen MR) is 137 cm³/mol. The summed E-state index contributed by atoms with van der Waals surface area (Å²) in [7, 11) is 0. The van der Waals surface area contributed by atoms with E-state index in [1.165, 1.54) is 11.1 Å². The number of nitrogens with zero attached hydrogens (tertiary/aromatic N) is 2. The molecule has 168 valence electrons. The van der Waals surface area contributed by atoms with Gasteiger partial charge in [0.25, 0.3) is 0 Å². The van der Waals surface area contributed by atoms with Crippen molar-refractivity contribution in [2.45, 2.75) is 19.3 Å². The molecular formula is C25H27Cl2N3OS. The Morgan fingerprint density at radius 2 is 1.72 bits per heavy atom. The number of hydrogen-bond acceptors (Lipinski definition) is 4. The fourth-order valence-corrected chi connectivity index (χ4v) is 5.05. The van der Waals surface area contributed by atoms with Crippen LogP contribution in [0.15, 0.2) is 59.3 Å². The van der Waals surface area contributed by atoms with Crippen LogP contribution in [0, 0.1) is 0 Å². The van der Waals surface area contributed by atoms with Gasteiger partial charge in [-0.05, 0) is 71.6 Å². The van der Waals surface area contributed by atoms with Crippen LogP contribution >= 0.6 is 34.5 Å². The molecule has 0 bridgehead atoms. The van der Waals surface area contributed by atoms with Gasteiger partial charge in [0.2, 0.25) is 5.91 Å². The maximum atomic E-state index is 12.3. The molecule has 1 saturated heterocycles. The van der Waals surface area contributed by atoms with Crippen molar-refractivity contribution in [3.63, 3.8) is 0 Å². The van der Waals surface area contributed by atoms with Crippen molar-refractivity contribution in [1.29, 1.82) is 0 Å². The molecule has 0 aliphatic carbocycles. The van der Waals surface area contributed by atoms with Gasteiger partial charge in [0.1, 0.15) is 0 Å². The van der Waals surface area contributed by atoms with E-state index in [4.69, 9.17) is 23.2 Å². The Hall–Kier alpha value is -2.05. The first-order valence-electron chi connectivity index (χ1n) is 10.9. The molecule has 3 aromatic rings. The molecule has 4 rings (SSSR count). The second-order valence-corrected chi connectivity index (χ2v) is 9.56. The Labute approximate surface area is 203 Å². The van der Waals surface area contributed by atoms with E-state index in [-0.39, 0.29) is 5.91 Å². The highest BCUT2D eigenvalue weighted by molar-refractivity contribution is 7.08. The van der Waals surface area contributed by atoms with Crippen molar-refractivity contribution in [2.75, 3.05) is 42.9 Å². The standard InChI is InChI=1S/C25H27Cl2N3OS/c26-22-4-3-5-23(25(22)27)30-15-13-29(14-16-30)12-2-1-6-24(31)28-21-9-7-19(8-10-21)20-11-17-32-18-20/h3-5,7-11,17-18H,1-2,6,12-16H2,(H,28,31). The summed E-state index contributed by atoms with van der Waals surface area (Å²) >= 11 is 14.2. The molecule has 7 heteroatoms. The van der Waals surface area contributed by atoms with Crippen LogP contribution in [-0.4, -0.2) is 43.5 Å². The Morgan fingerprint density at radius 3 is 2.44 bits per heavy atom. The van der Waals surface area contributed by atoms with Crippen LogP contribution in [0.4, 0.5) is 11.4 Å². The summed E-state index contributed by atoms with van der Waals surface area (Å²) in [5, 5.41) is 8.44. The van der Waals surface area contributed by atoms with Crippen LogP contribution < -0.4 is 10.2 Å². The molecule has 2 heterocycles. The molecule has 0 spiro atoms. The van der Waals surface area contributed by atoms with Gasteiger partial charge in [-0.25, -0.2) is 0 Å². The molecule has 1 amide bonds. The Morgan fingerprint density at radius 1 is 0.938 bits per heavy atom. The summed E-state index contributed by atoms with van der Waals surface area (Å²) in [6.07, 6.45) is 2.45. The summed E-state index contributed by atoms with van der Waals surface area (Å²) in [6.45, 7) is 4.86. The lowest BCUT2D eigenvalue weighted by atomic mass is 10.1. The lowest BCUT2D eigenvalue weighted by molar-refractivity contribution is -0.116. The maximum absolute atomic E-state index is 12.3. The van der Waals surface area contributed by atoms with Crippen molar-refractivity contribution >= 4 is 51.8 Å². The summed E-state index contributed by atoms with van der Waals surface area (Å²) in [5.74, 6) is 0.0775. The van der Waals surface area contributed by atoms with Crippen LogP contribution in [0.3, 0.4) is 0 Å². The highest BCUT2D eigenvalue weighted by Crippen LogP contribution is 2.33. The number of carbonyl (C=O) groups excluding carboxylic acids is 1. The third-order valence-corrected chi connectivity index (χ3v) is 7.29. The van der Waals surface area contributed by atoms with Gasteiger partial charge in [0.05, 0.1) is 15.7 Å². The summed E-state index contributed by atoms with van der Waals surface area (Å²) in [4.78, 5) is 17.0. The number of hydrogen-bond donors (Lipinski definition) is 1. The topological polar surface area (TPSA) is 35.6 Å². The van der Waals surface area contributed by atoms with Crippen molar-refractivity contribution in [1.82, 2.24) is 4.90 Å². The number of unbranched alkanes of at least 4 members (excludes halogenated alkanes) is 1. The zero-order chi connectivity index (χ0) is 22.3. The smallest absolute Gasteiger partial charge is 0.224 e. The van der Waals surface area contributed by atoms with E-state index < -0.39 is 0 Å². The Bertz CT molecular complexity index is 1020. The normalized spacial score (nSPS) is 14.5. The predicted octanol–water partition coefficient (Wildman–Crippen LogP) is 6.65. The number of benzene rings is 2. The average Bonchev–Trinajstić information content (AvgIpc) is 3.35. The van der Waals surface area contributed by atoms with Gasteiger partial charge >= 0.3 is 0 Å². The molecule has 4 nitrogen and oxygen atoms in total. The van der Waals surface area contributed by atoms with Gasteiger partial charge in [-0.1, -0.05) is 41.4 Å². The van der Waals surface area contributed by atoms with E-state index in [2.05, 4.69) is 31.9 Å². The first-order valence-corrected chi connectivity index (χ1v) is 12.6. The summed E-state index contributed by atoms with van der Waals surface area (Å²) in [5.41, 5.74) is 4.25. The van der Waals surface area contributed by atoms with Crippen LogP contribution in [0.25, 0.3) is 11.1 Å². The molecule has 0 atom stereocenters. The highest BCUT2D eigenvalue weighted by Gasteiger charge is 2.19. The quantitative estimate of drug-likeness (QED) is 0.361. The van der Waals surface area contributed by atoms with E-state index in [0.29, 0.717) is 16.5 Å². The Balaban J connectivity index is 1.14. The first kappa shape index (κ1) is 23.1. The fraction of sp³-hybridized carbons (Fsp3) is 0.320. The van der Waals surface area contributed by atoms with E-state index in [9.17, 15) is 4.79 Å². The van der Waals surface area contributed by atoms with Gasteiger partial charge in [-0.2, -0.15) is 11.3 Å². The van der Waals surface area contributed by atoms with Crippen LogP contribution in [-0.2, 0) is 4.79 Å². The molecule has 1 fully saturated rings. The van der Waals surface area contributed by atoms with Crippen LogP contribution in [0.5, 0.6) is 0 Å². The van der Waals surface area contributed by atoms with Crippen LogP contribution in [0.1, 0.15) is 19.3 Å². The van der Waals surface area contributed by atoms with E-state index in [1.807, 2.05) is 42.5 Å². The molecule has 1 aromatic heterocycles. The number of rotatable bonds is 8. The number of halogens is 2. The zero-order valence-electron chi connectivity index (χ0n) is 17.9. The van der Waals surface area contributed by atoms with Crippen molar-refractivity contribution < 1.29 is 4.79 Å². The van der Waals surface area contributed by atoms with Gasteiger partial charge in [-0.15, -0.1) is 0 Å². The van der Waals surface area contributed by atoms with E-state index >= 15 is 0 Å². The monoisotopic (exact) mass is 487 g/mol.